The lowest BCUT2D eigenvalue weighted by Gasteiger charge is -2.02. The number of imidazole rings is 1. The van der Waals surface area contributed by atoms with Gasteiger partial charge < -0.3 is 10.1 Å². The topological polar surface area (TPSA) is 43.3 Å². The number of halogens is 1. The Balaban J connectivity index is 2.26. The number of hydrogen-bond acceptors (Lipinski definition) is 2. The van der Waals surface area contributed by atoms with E-state index in [4.69, 9.17) is 5.73 Å². The van der Waals surface area contributed by atoms with Gasteiger partial charge in [0.15, 0.2) is 0 Å². The third-order valence-corrected chi connectivity index (χ3v) is 3.28. The molecule has 3 rings (SSSR count). The zero-order valence-electron chi connectivity index (χ0n) is 10.6. The summed E-state index contributed by atoms with van der Waals surface area (Å²) in [6.07, 6.45) is 1.95. The minimum atomic E-state index is -0.256. The van der Waals surface area contributed by atoms with Crippen molar-refractivity contribution < 1.29 is 4.39 Å². The predicted octanol–water partition coefficient (Wildman–Crippen LogP) is 2.91. The zero-order valence-corrected chi connectivity index (χ0v) is 10.6. The highest BCUT2D eigenvalue weighted by atomic mass is 19.1. The monoisotopic (exact) mass is 255 g/mol. The summed E-state index contributed by atoms with van der Waals surface area (Å²) in [6, 6.07) is 10.5. The first-order chi connectivity index (χ1) is 9.20. The van der Waals surface area contributed by atoms with Crippen LogP contribution in [0.15, 0.2) is 42.6 Å². The van der Waals surface area contributed by atoms with Crippen molar-refractivity contribution in [3.63, 3.8) is 0 Å². The quantitative estimate of drug-likeness (QED) is 0.765. The number of hydrogen-bond donors (Lipinski definition) is 1. The van der Waals surface area contributed by atoms with Crippen LogP contribution in [-0.4, -0.2) is 9.38 Å². The highest BCUT2D eigenvalue weighted by Crippen LogP contribution is 2.26. The van der Waals surface area contributed by atoms with Crippen molar-refractivity contribution in [1.82, 2.24) is 9.38 Å². The fourth-order valence-corrected chi connectivity index (χ4v) is 2.24. The van der Waals surface area contributed by atoms with Crippen molar-refractivity contribution in [3.05, 3.63) is 59.7 Å². The number of aryl methyl sites for hydroxylation is 1. The first kappa shape index (κ1) is 11.9. The van der Waals surface area contributed by atoms with E-state index >= 15 is 0 Å². The third kappa shape index (κ3) is 1.90. The number of rotatable bonds is 2. The van der Waals surface area contributed by atoms with Crippen LogP contribution < -0.4 is 5.73 Å². The molecule has 2 aromatic heterocycles. The van der Waals surface area contributed by atoms with Crippen LogP contribution in [0.4, 0.5) is 4.39 Å². The van der Waals surface area contributed by atoms with Gasteiger partial charge in [0.25, 0.3) is 0 Å². The minimum absolute atomic E-state index is 0.256. The fraction of sp³-hybridized carbons (Fsp3) is 0.133. The van der Waals surface area contributed by atoms with Crippen molar-refractivity contribution in [3.8, 4) is 11.3 Å². The molecule has 0 aliphatic carbocycles. The number of nitrogens with zero attached hydrogens (tertiary/aromatic N) is 2. The largest absolute Gasteiger partial charge is 0.326 e. The number of pyridine rings is 1. The number of benzene rings is 1. The van der Waals surface area contributed by atoms with E-state index < -0.39 is 0 Å². The Bertz CT molecular complexity index is 746. The van der Waals surface area contributed by atoms with Crippen LogP contribution in [0.1, 0.15) is 11.3 Å². The second-order valence-corrected chi connectivity index (χ2v) is 4.50. The van der Waals surface area contributed by atoms with Gasteiger partial charge >= 0.3 is 0 Å². The van der Waals surface area contributed by atoms with E-state index in [-0.39, 0.29) is 5.82 Å². The van der Waals surface area contributed by atoms with Crippen molar-refractivity contribution in [2.75, 3.05) is 0 Å². The van der Waals surface area contributed by atoms with E-state index in [1.807, 2.05) is 35.7 Å². The molecule has 3 nitrogen and oxygen atoms in total. The molecule has 0 bridgehead atoms. The van der Waals surface area contributed by atoms with Gasteiger partial charge in [-0.3, -0.25) is 0 Å². The van der Waals surface area contributed by atoms with E-state index in [0.717, 1.165) is 16.9 Å². The Morgan fingerprint density at radius 1 is 1.21 bits per heavy atom. The summed E-state index contributed by atoms with van der Waals surface area (Å²) in [4.78, 5) is 4.50. The molecule has 2 N–H and O–H groups in total. The molecule has 4 heteroatoms. The van der Waals surface area contributed by atoms with Gasteiger partial charge in [0.2, 0.25) is 0 Å². The van der Waals surface area contributed by atoms with E-state index in [2.05, 4.69) is 4.98 Å². The summed E-state index contributed by atoms with van der Waals surface area (Å²) in [5.41, 5.74) is 9.57. The first-order valence-corrected chi connectivity index (χ1v) is 6.13. The van der Waals surface area contributed by atoms with Crippen LogP contribution in [0.5, 0.6) is 0 Å². The summed E-state index contributed by atoms with van der Waals surface area (Å²) in [7, 11) is 0. The molecule has 2 heterocycles. The van der Waals surface area contributed by atoms with Crippen molar-refractivity contribution >= 4 is 5.65 Å². The smallest absolute Gasteiger partial charge is 0.137 e. The number of aromatic nitrogens is 2. The Labute approximate surface area is 110 Å². The number of fused-ring (bicyclic) bond motifs is 1. The first-order valence-electron chi connectivity index (χ1n) is 6.13. The zero-order chi connectivity index (χ0) is 13.4. The lowest BCUT2D eigenvalue weighted by molar-refractivity contribution is 0.630. The highest BCUT2D eigenvalue weighted by molar-refractivity contribution is 5.66. The second-order valence-electron chi connectivity index (χ2n) is 4.50. The molecular weight excluding hydrogens is 241 g/mol. The summed E-state index contributed by atoms with van der Waals surface area (Å²) in [5.74, 6) is -0.256. The van der Waals surface area contributed by atoms with Crippen LogP contribution in [0, 0.1) is 12.7 Å². The van der Waals surface area contributed by atoms with E-state index in [0.29, 0.717) is 17.8 Å². The second kappa shape index (κ2) is 4.48. The molecule has 0 radical (unpaired) electrons. The Kier molecular flexibility index (Phi) is 2.80. The van der Waals surface area contributed by atoms with Gasteiger partial charge in [-0.05, 0) is 30.7 Å². The maximum absolute atomic E-state index is 13.9. The molecule has 0 aliphatic heterocycles. The maximum atomic E-state index is 13.9. The van der Waals surface area contributed by atoms with Crippen molar-refractivity contribution in [1.29, 1.82) is 0 Å². The molecular formula is C15H14FN3. The molecule has 0 saturated carbocycles. The van der Waals surface area contributed by atoms with Crippen molar-refractivity contribution in [2.24, 2.45) is 5.73 Å². The van der Waals surface area contributed by atoms with Crippen LogP contribution >= 0.6 is 0 Å². The molecule has 3 aromatic rings. The van der Waals surface area contributed by atoms with E-state index in [1.54, 1.807) is 12.1 Å². The summed E-state index contributed by atoms with van der Waals surface area (Å²) < 4.78 is 15.8. The van der Waals surface area contributed by atoms with E-state index in [1.165, 1.54) is 6.07 Å². The molecule has 0 unspecified atom stereocenters. The Morgan fingerprint density at radius 2 is 2.00 bits per heavy atom. The van der Waals surface area contributed by atoms with Crippen LogP contribution in [-0.2, 0) is 6.54 Å². The number of nitrogens with two attached hydrogens (primary N) is 1. The average Bonchev–Trinajstić information content (AvgIpc) is 2.76. The predicted molar refractivity (Wildman–Crippen MR) is 73.2 cm³/mol. The molecule has 0 aliphatic rings. The Morgan fingerprint density at radius 3 is 2.74 bits per heavy atom. The van der Waals surface area contributed by atoms with Gasteiger partial charge in [-0.15, -0.1) is 0 Å². The standard InChI is InChI=1S/C15H14FN3/c1-10-15(12-4-2-3-5-13(12)16)18-14-7-6-11(8-17)9-19(10)14/h2-7,9H,8,17H2,1H3. The molecule has 0 spiro atoms. The molecule has 0 fully saturated rings. The highest BCUT2D eigenvalue weighted by Gasteiger charge is 2.13. The van der Waals surface area contributed by atoms with Gasteiger partial charge in [0, 0.05) is 24.0 Å². The molecule has 96 valence electrons. The summed E-state index contributed by atoms with van der Waals surface area (Å²) >= 11 is 0. The molecule has 19 heavy (non-hydrogen) atoms. The van der Waals surface area contributed by atoms with Gasteiger partial charge in [0.05, 0.1) is 5.69 Å². The lowest BCUT2D eigenvalue weighted by atomic mass is 10.1. The van der Waals surface area contributed by atoms with Gasteiger partial charge in [-0.2, -0.15) is 0 Å². The van der Waals surface area contributed by atoms with Crippen LogP contribution in [0.25, 0.3) is 16.9 Å². The molecule has 0 atom stereocenters. The lowest BCUT2D eigenvalue weighted by Crippen LogP contribution is -1.98. The van der Waals surface area contributed by atoms with Gasteiger partial charge in [-0.25, -0.2) is 9.37 Å². The van der Waals surface area contributed by atoms with Crippen LogP contribution in [0.3, 0.4) is 0 Å². The average molecular weight is 255 g/mol. The summed E-state index contributed by atoms with van der Waals surface area (Å²) in [5, 5.41) is 0. The van der Waals surface area contributed by atoms with E-state index in [9.17, 15) is 4.39 Å². The minimum Gasteiger partial charge on any atom is -0.326 e. The SMILES string of the molecule is Cc1c(-c2ccccc2F)nc2ccc(CN)cn12. The third-order valence-electron chi connectivity index (χ3n) is 3.28. The molecule has 0 amide bonds. The fourth-order valence-electron chi connectivity index (χ4n) is 2.24. The summed E-state index contributed by atoms with van der Waals surface area (Å²) in [6.45, 7) is 2.41. The van der Waals surface area contributed by atoms with Crippen molar-refractivity contribution in [2.45, 2.75) is 13.5 Å². The van der Waals surface area contributed by atoms with Gasteiger partial charge in [0.1, 0.15) is 11.5 Å². The normalized spacial score (nSPS) is 11.1. The van der Waals surface area contributed by atoms with Crippen LogP contribution in [0.2, 0.25) is 0 Å². The molecule has 0 saturated heterocycles. The Hall–Kier alpha value is -2.20. The molecule has 1 aromatic carbocycles. The maximum Gasteiger partial charge on any atom is 0.137 e. The van der Waals surface area contributed by atoms with Gasteiger partial charge in [-0.1, -0.05) is 18.2 Å².